The van der Waals surface area contributed by atoms with E-state index in [0.717, 1.165) is 54.5 Å². The molecule has 1 aliphatic heterocycles. The molecule has 6 heteroatoms. The summed E-state index contributed by atoms with van der Waals surface area (Å²) in [5.41, 5.74) is 2.65. The number of anilines is 1. The van der Waals surface area contributed by atoms with Crippen molar-refractivity contribution in [1.29, 1.82) is 0 Å². The third-order valence-electron chi connectivity index (χ3n) is 7.50. The lowest BCUT2D eigenvalue weighted by Gasteiger charge is -2.32. The highest BCUT2D eigenvalue weighted by Crippen LogP contribution is 2.41. The highest BCUT2D eigenvalue weighted by Gasteiger charge is 2.45. The predicted molar refractivity (Wildman–Crippen MR) is 143 cm³/mol. The van der Waals surface area contributed by atoms with Crippen LogP contribution in [0.1, 0.15) is 83.7 Å². The summed E-state index contributed by atoms with van der Waals surface area (Å²) in [7, 11) is 0. The molecule has 0 spiro atoms. The fraction of sp³-hybridized carbons (Fsp3) is 0.500. The van der Waals surface area contributed by atoms with Gasteiger partial charge in [0.25, 0.3) is 5.91 Å². The van der Waals surface area contributed by atoms with E-state index in [1.165, 1.54) is 0 Å². The minimum Gasteiger partial charge on any atom is -0.342 e. The molecule has 1 heterocycles. The lowest BCUT2D eigenvalue weighted by Crippen LogP contribution is -2.59. The van der Waals surface area contributed by atoms with Crippen LogP contribution in [0, 0.1) is 5.92 Å². The molecule has 2 aliphatic rings. The van der Waals surface area contributed by atoms with E-state index in [-0.39, 0.29) is 17.7 Å². The van der Waals surface area contributed by atoms with Gasteiger partial charge in [-0.05, 0) is 48.8 Å². The summed E-state index contributed by atoms with van der Waals surface area (Å²) in [5.74, 6) is -0.0637. The lowest BCUT2D eigenvalue weighted by molar-refractivity contribution is -0.135. The van der Waals surface area contributed by atoms with Crippen molar-refractivity contribution in [3.8, 4) is 11.1 Å². The fourth-order valence-electron chi connectivity index (χ4n) is 5.43. The van der Waals surface area contributed by atoms with Gasteiger partial charge in [0.2, 0.25) is 11.8 Å². The molecule has 1 aliphatic carbocycles. The summed E-state index contributed by atoms with van der Waals surface area (Å²) in [5, 5.41) is 6.19. The molecule has 1 atom stereocenters. The van der Waals surface area contributed by atoms with Gasteiger partial charge in [-0.15, -0.1) is 0 Å². The molecular formula is C30H39N3O3. The number of nitrogens with one attached hydrogen (secondary N) is 2. The Bertz CT molecular complexity index is 1100. The average molecular weight is 490 g/mol. The third-order valence-corrected chi connectivity index (χ3v) is 7.50. The van der Waals surface area contributed by atoms with E-state index >= 15 is 0 Å². The van der Waals surface area contributed by atoms with E-state index in [2.05, 4.69) is 31.4 Å². The minimum absolute atomic E-state index is 0.0923. The van der Waals surface area contributed by atoms with Crippen molar-refractivity contribution in [2.24, 2.45) is 5.92 Å². The van der Waals surface area contributed by atoms with Gasteiger partial charge in [0.1, 0.15) is 11.6 Å². The predicted octanol–water partition coefficient (Wildman–Crippen LogP) is 5.52. The highest BCUT2D eigenvalue weighted by atomic mass is 16.2. The number of unbranched alkanes of at least 4 members (excludes halogenated alkanes) is 1. The molecule has 0 radical (unpaired) electrons. The first kappa shape index (κ1) is 25.9. The molecule has 36 heavy (non-hydrogen) atoms. The van der Waals surface area contributed by atoms with E-state index < -0.39 is 11.6 Å². The zero-order valence-electron chi connectivity index (χ0n) is 21.8. The Hall–Kier alpha value is -3.15. The van der Waals surface area contributed by atoms with Gasteiger partial charge in [0.05, 0.1) is 5.69 Å². The number of fused-ring (bicyclic) bond motifs is 3. The van der Waals surface area contributed by atoms with Crippen LogP contribution in [0.15, 0.2) is 48.5 Å². The molecule has 2 N–H and O–H groups in total. The number of carbonyl (C=O) groups excluding carboxylic acids is 3. The molecule has 1 fully saturated rings. The zero-order valence-corrected chi connectivity index (χ0v) is 21.8. The molecule has 1 unspecified atom stereocenters. The van der Waals surface area contributed by atoms with Gasteiger partial charge in [-0.3, -0.25) is 14.4 Å². The second-order valence-electron chi connectivity index (χ2n) is 10.6. The molecule has 192 valence electrons. The Morgan fingerprint density at radius 1 is 1.03 bits per heavy atom. The third kappa shape index (κ3) is 5.32. The molecule has 1 saturated carbocycles. The first-order chi connectivity index (χ1) is 17.4. The molecule has 4 rings (SSSR count). The number of hydrogen-bond donors (Lipinski definition) is 2. The second-order valence-corrected chi connectivity index (χ2v) is 10.6. The Morgan fingerprint density at radius 2 is 1.69 bits per heavy atom. The average Bonchev–Trinajstić information content (AvgIpc) is 3.32. The van der Waals surface area contributed by atoms with Gasteiger partial charge in [0.15, 0.2) is 0 Å². The molecule has 0 aromatic heterocycles. The van der Waals surface area contributed by atoms with E-state index in [0.29, 0.717) is 31.7 Å². The van der Waals surface area contributed by atoms with Crippen LogP contribution in [0.25, 0.3) is 11.1 Å². The normalized spacial score (nSPS) is 18.4. The number of nitrogens with zero attached hydrogens (tertiary/aromatic N) is 1. The van der Waals surface area contributed by atoms with E-state index in [1.807, 2.05) is 53.4 Å². The topological polar surface area (TPSA) is 78.5 Å². The van der Waals surface area contributed by atoms with Crippen molar-refractivity contribution in [3.05, 3.63) is 54.1 Å². The van der Waals surface area contributed by atoms with E-state index in [4.69, 9.17) is 0 Å². The largest absolute Gasteiger partial charge is 0.342 e. The van der Waals surface area contributed by atoms with Crippen LogP contribution in [0.4, 0.5) is 5.69 Å². The summed E-state index contributed by atoms with van der Waals surface area (Å²) < 4.78 is 0. The first-order valence-corrected chi connectivity index (χ1v) is 13.5. The molecular weight excluding hydrogens is 450 g/mol. The van der Waals surface area contributed by atoms with Gasteiger partial charge < -0.3 is 15.5 Å². The summed E-state index contributed by atoms with van der Waals surface area (Å²) >= 11 is 0. The number of amides is 3. The van der Waals surface area contributed by atoms with Crippen LogP contribution < -0.4 is 15.5 Å². The van der Waals surface area contributed by atoms with Crippen LogP contribution in [-0.2, 0) is 14.4 Å². The van der Waals surface area contributed by atoms with Crippen LogP contribution >= 0.6 is 0 Å². The number of carbonyl (C=O) groups is 3. The van der Waals surface area contributed by atoms with Gasteiger partial charge in [-0.1, -0.05) is 82.5 Å². The second kappa shape index (κ2) is 11.3. The molecule has 0 bridgehead atoms. The molecule has 3 amide bonds. The van der Waals surface area contributed by atoms with Crippen LogP contribution in [0.3, 0.4) is 0 Å². The monoisotopic (exact) mass is 489 g/mol. The van der Waals surface area contributed by atoms with Crippen LogP contribution in [0.2, 0.25) is 0 Å². The van der Waals surface area contributed by atoms with Crippen molar-refractivity contribution in [3.63, 3.8) is 0 Å². The summed E-state index contributed by atoms with van der Waals surface area (Å²) in [4.78, 5) is 42.5. The van der Waals surface area contributed by atoms with Gasteiger partial charge in [-0.2, -0.15) is 0 Å². The van der Waals surface area contributed by atoms with Crippen molar-refractivity contribution in [2.75, 3.05) is 11.4 Å². The SMILES string of the molecule is CCCCN1C(=O)C(NC(=O)C2(NC(=O)CCC(C)C)CCCC2)c2ccccc2-c2ccccc21. The Morgan fingerprint density at radius 3 is 2.39 bits per heavy atom. The smallest absolute Gasteiger partial charge is 0.254 e. The minimum atomic E-state index is -0.962. The lowest BCUT2D eigenvalue weighted by atomic mass is 9.92. The summed E-state index contributed by atoms with van der Waals surface area (Å²) in [6, 6.07) is 15.0. The van der Waals surface area contributed by atoms with Crippen molar-refractivity contribution in [2.45, 2.75) is 83.7 Å². The molecule has 2 aromatic carbocycles. The zero-order chi connectivity index (χ0) is 25.7. The van der Waals surface area contributed by atoms with Crippen molar-refractivity contribution >= 4 is 23.4 Å². The van der Waals surface area contributed by atoms with Gasteiger partial charge >= 0.3 is 0 Å². The van der Waals surface area contributed by atoms with Crippen molar-refractivity contribution < 1.29 is 14.4 Å². The summed E-state index contributed by atoms with van der Waals surface area (Å²) in [6.07, 6.45) is 5.94. The number of hydrogen-bond acceptors (Lipinski definition) is 3. The van der Waals surface area contributed by atoms with Gasteiger partial charge in [-0.25, -0.2) is 0 Å². The Kier molecular flexibility index (Phi) is 8.12. The maximum absolute atomic E-state index is 14.1. The van der Waals surface area contributed by atoms with E-state index in [9.17, 15) is 14.4 Å². The maximum atomic E-state index is 14.1. The quantitative estimate of drug-likeness (QED) is 0.487. The number of rotatable bonds is 9. The molecule has 0 saturated heterocycles. The number of para-hydroxylation sites is 1. The Labute approximate surface area is 214 Å². The molecule has 6 nitrogen and oxygen atoms in total. The standard InChI is InChI=1S/C30H39N3O3/c1-4-5-20-33-25-15-9-8-13-23(25)22-12-6-7-14-24(22)27(28(33)35)31-29(36)30(18-10-11-19-30)32-26(34)17-16-21(2)3/h6-9,12-15,21,27H,4-5,10-11,16-20H2,1-3H3,(H,31,36)(H,32,34). The summed E-state index contributed by atoms with van der Waals surface area (Å²) in [6.45, 7) is 6.86. The van der Waals surface area contributed by atoms with Crippen LogP contribution in [0.5, 0.6) is 0 Å². The Balaban J connectivity index is 1.67. The first-order valence-electron chi connectivity index (χ1n) is 13.5. The van der Waals surface area contributed by atoms with Crippen LogP contribution in [-0.4, -0.2) is 29.8 Å². The molecule has 2 aromatic rings. The van der Waals surface area contributed by atoms with Crippen molar-refractivity contribution in [1.82, 2.24) is 10.6 Å². The highest BCUT2D eigenvalue weighted by molar-refractivity contribution is 6.07. The number of benzene rings is 2. The maximum Gasteiger partial charge on any atom is 0.254 e. The van der Waals surface area contributed by atoms with Gasteiger partial charge in [0, 0.05) is 18.5 Å². The fourth-order valence-corrected chi connectivity index (χ4v) is 5.43. The van der Waals surface area contributed by atoms with E-state index in [1.54, 1.807) is 0 Å².